The minimum atomic E-state index is 0.154. The summed E-state index contributed by atoms with van der Waals surface area (Å²) in [5.74, 6) is 0.180. The average molecular weight is 337 g/mol. The van der Waals surface area contributed by atoms with Gasteiger partial charge in [0.05, 0.1) is 8.66 Å². The normalized spacial score (nSPS) is 11.6. The second kappa shape index (κ2) is 5.59. The highest BCUT2D eigenvalue weighted by atomic mass is 79.9. The van der Waals surface area contributed by atoms with Gasteiger partial charge in [-0.15, -0.1) is 11.3 Å². The first-order chi connectivity index (χ1) is 8.86. The van der Waals surface area contributed by atoms with E-state index in [0.717, 1.165) is 14.2 Å². The topological polar surface area (TPSA) is 17.1 Å². The molecule has 1 aromatic heterocycles. The van der Waals surface area contributed by atoms with Crippen molar-refractivity contribution in [2.45, 2.75) is 32.6 Å². The van der Waals surface area contributed by atoms with Gasteiger partial charge in [-0.25, -0.2) is 0 Å². The molecule has 0 spiro atoms. The summed E-state index contributed by atoms with van der Waals surface area (Å²) in [5.41, 5.74) is 2.52. The van der Waals surface area contributed by atoms with Crippen LogP contribution in [0.15, 0.2) is 40.2 Å². The van der Waals surface area contributed by atoms with Gasteiger partial charge in [-0.1, -0.05) is 45.0 Å². The predicted molar refractivity (Wildman–Crippen MR) is 85.2 cm³/mol. The monoisotopic (exact) mass is 336 g/mol. The van der Waals surface area contributed by atoms with Crippen LogP contribution >= 0.6 is 27.3 Å². The van der Waals surface area contributed by atoms with E-state index in [1.165, 1.54) is 16.9 Å². The molecule has 0 aliphatic rings. The molecule has 1 aromatic carbocycles. The smallest absolute Gasteiger partial charge is 0.177 e. The number of carbonyl (C=O) groups excluding carboxylic acids is 1. The predicted octanol–water partition coefficient (Wildman–Crippen LogP) is 5.23. The number of carbonyl (C=O) groups is 1. The molecule has 3 heteroatoms. The van der Waals surface area contributed by atoms with Crippen molar-refractivity contribution in [1.82, 2.24) is 0 Å². The number of thiophene rings is 1. The minimum absolute atomic E-state index is 0.154. The number of hydrogen-bond donors (Lipinski definition) is 0. The van der Waals surface area contributed by atoms with Crippen LogP contribution in [0.1, 0.15) is 41.6 Å². The molecule has 0 N–H and O–H groups in total. The third-order valence-corrected chi connectivity index (χ3v) is 4.70. The third-order valence-electron chi connectivity index (χ3n) is 3.03. The van der Waals surface area contributed by atoms with Crippen LogP contribution in [0.25, 0.3) is 0 Å². The lowest BCUT2D eigenvalue weighted by Crippen LogP contribution is -2.11. The van der Waals surface area contributed by atoms with Crippen molar-refractivity contribution >= 4 is 33.0 Å². The first-order valence-corrected chi connectivity index (χ1v) is 7.85. The Morgan fingerprint density at radius 1 is 1.11 bits per heavy atom. The maximum absolute atomic E-state index is 12.1. The Hall–Kier alpha value is -0.930. The standard InChI is InChI=1S/C16H17BrOS/c1-16(2,3)12-6-4-11(5-7-12)10-13(18)14-8-9-15(17)19-14/h4-9H,10H2,1-3H3. The second-order valence-electron chi connectivity index (χ2n) is 5.65. The summed E-state index contributed by atoms with van der Waals surface area (Å²) in [6.07, 6.45) is 0.470. The zero-order chi connectivity index (χ0) is 14.0. The van der Waals surface area contributed by atoms with E-state index in [2.05, 4.69) is 61.0 Å². The van der Waals surface area contributed by atoms with E-state index in [0.29, 0.717) is 6.42 Å². The summed E-state index contributed by atoms with van der Waals surface area (Å²) >= 11 is 4.87. The SMILES string of the molecule is CC(C)(C)c1ccc(CC(=O)c2ccc(Br)s2)cc1. The Balaban J connectivity index is 2.10. The number of benzene rings is 1. The Labute approximate surface area is 126 Å². The van der Waals surface area contributed by atoms with E-state index < -0.39 is 0 Å². The van der Waals surface area contributed by atoms with Crippen LogP contribution in [0.5, 0.6) is 0 Å². The summed E-state index contributed by atoms with van der Waals surface area (Å²) in [4.78, 5) is 12.9. The molecule has 1 heterocycles. The zero-order valence-corrected chi connectivity index (χ0v) is 13.8. The molecular weight excluding hydrogens is 320 g/mol. The van der Waals surface area contributed by atoms with Gasteiger partial charge < -0.3 is 0 Å². The van der Waals surface area contributed by atoms with Crippen LogP contribution in [0.2, 0.25) is 0 Å². The van der Waals surface area contributed by atoms with Crippen LogP contribution in [0, 0.1) is 0 Å². The molecule has 1 nitrogen and oxygen atoms in total. The van der Waals surface area contributed by atoms with E-state index in [-0.39, 0.29) is 11.2 Å². The van der Waals surface area contributed by atoms with Gasteiger partial charge in [-0.05, 0) is 44.6 Å². The van der Waals surface area contributed by atoms with Crippen molar-refractivity contribution in [3.63, 3.8) is 0 Å². The zero-order valence-electron chi connectivity index (χ0n) is 11.4. The maximum Gasteiger partial charge on any atom is 0.177 e. The lowest BCUT2D eigenvalue weighted by Gasteiger charge is -2.19. The third kappa shape index (κ3) is 3.77. The van der Waals surface area contributed by atoms with Crippen molar-refractivity contribution in [1.29, 1.82) is 0 Å². The summed E-state index contributed by atoms with van der Waals surface area (Å²) in [6, 6.07) is 12.1. The molecule has 2 aromatic rings. The maximum atomic E-state index is 12.1. The molecule has 100 valence electrons. The summed E-state index contributed by atoms with van der Waals surface area (Å²) in [6.45, 7) is 6.57. The van der Waals surface area contributed by atoms with Crippen molar-refractivity contribution in [3.05, 3.63) is 56.2 Å². The Kier molecular flexibility index (Phi) is 4.26. The van der Waals surface area contributed by atoms with Gasteiger partial charge in [0.1, 0.15) is 0 Å². The van der Waals surface area contributed by atoms with E-state index in [9.17, 15) is 4.79 Å². The van der Waals surface area contributed by atoms with Crippen molar-refractivity contribution in [3.8, 4) is 0 Å². The van der Waals surface area contributed by atoms with Crippen molar-refractivity contribution in [2.24, 2.45) is 0 Å². The van der Waals surface area contributed by atoms with E-state index in [1.807, 2.05) is 12.1 Å². The average Bonchev–Trinajstić information content (AvgIpc) is 2.75. The van der Waals surface area contributed by atoms with E-state index in [1.54, 1.807) is 0 Å². The molecule has 0 unspecified atom stereocenters. The fourth-order valence-electron chi connectivity index (χ4n) is 1.86. The summed E-state index contributed by atoms with van der Waals surface area (Å²) in [7, 11) is 0. The highest BCUT2D eigenvalue weighted by Gasteiger charge is 2.14. The molecular formula is C16H17BrOS. The van der Waals surface area contributed by atoms with Crippen LogP contribution in [-0.4, -0.2) is 5.78 Å². The number of halogens is 1. The fourth-order valence-corrected chi connectivity index (χ4v) is 3.18. The Morgan fingerprint density at radius 2 is 1.74 bits per heavy atom. The molecule has 0 aliphatic carbocycles. The minimum Gasteiger partial charge on any atom is -0.293 e. The van der Waals surface area contributed by atoms with Gasteiger partial charge in [0.25, 0.3) is 0 Å². The van der Waals surface area contributed by atoms with Gasteiger partial charge >= 0.3 is 0 Å². The van der Waals surface area contributed by atoms with Crippen LogP contribution in [0.4, 0.5) is 0 Å². The molecule has 0 saturated carbocycles. The molecule has 0 aliphatic heterocycles. The Bertz CT molecular complexity index is 576. The van der Waals surface area contributed by atoms with Crippen LogP contribution in [-0.2, 0) is 11.8 Å². The highest BCUT2D eigenvalue weighted by Crippen LogP contribution is 2.25. The molecule has 0 bridgehead atoms. The van der Waals surface area contributed by atoms with Gasteiger partial charge in [0.2, 0.25) is 0 Å². The van der Waals surface area contributed by atoms with E-state index >= 15 is 0 Å². The van der Waals surface area contributed by atoms with Crippen LogP contribution < -0.4 is 0 Å². The molecule has 0 saturated heterocycles. The van der Waals surface area contributed by atoms with Gasteiger partial charge in [0, 0.05) is 6.42 Å². The number of hydrogen-bond acceptors (Lipinski definition) is 2. The number of Topliss-reactive ketones (excluding diaryl/α,β-unsaturated/α-hetero) is 1. The molecule has 2 rings (SSSR count). The van der Waals surface area contributed by atoms with Crippen molar-refractivity contribution in [2.75, 3.05) is 0 Å². The molecule has 19 heavy (non-hydrogen) atoms. The van der Waals surface area contributed by atoms with E-state index in [4.69, 9.17) is 0 Å². The first-order valence-electron chi connectivity index (χ1n) is 6.24. The molecule has 0 radical (unpaired) electrons. The number of ketones is 1. The Morgan fingerprint density at radius 3 is 2.21 bits per heavy atom. The number of rotatable bonds is 3. The lowest BCUT2D eigenvalue weighted by atomic mass is 9.86. The first kappa shape index (κ1) is 14.5. The molecule has 0 amide bonds. The molecule has 0 atom stereocenters. The largest absolute Gasteiger partial charge is 0.293 e. The summed E-state index contributed by atoms with van der Waals surface area (Å²) < 4.78 is 0.999. The van der Waals surface area contributed by atoms with Crippen molar-refractivity contribution < 1.29 is 4.79 Å². The van der Waals surface area contributed by atoms with Gasteiger partial charge in [-0.2, -0.15) is 0 Å². The van der Waals surface area contributed by atoms with Gasteiger partial charge in [-0.3, -0.25) is 4.79 Å². The fraction of sp³-hybridized carbons (Fsp3) is 0.312. The van der Waals surface area contributed by atoms with Gasteiger partial charge in [0.15, 0.2) is 5.78 Å². The quantitative estimate of drug-likeness (QED) is 0.701. The highest BCUT2D eigenvalue weighted by molar-refractivity contribution is 9.11. The van der Waals surface area contributed by atoms with Crippen LogP contribution in [0.3, 0.4) is 0 Å². The molecule has 0 fully saturated rings. The second-order valence-corrected chi connectivity index (χ2v) is 8.11. The lowest BCUT2D eigenvalue weighted by molar-refractivity contribution is 0.0997. The summed E-state index contributed by atoms with van der Waals surface area (Å²) in [5, 5.41) is 0.